The number of hydrogen-bond donors (Lipinski definition) is 1. The average molecular weight is 506 g/mol. The van der Waals surface area contributed by atoms with Crippen LogP contribution in [0.2, 0.25) is 0 Å². The van der Waals surface area contributed by atoms with Crippen molar-refractivity contribution in [2.75, 3.05) is 5.32 Å². The zero-order valence-corrected chi connectivity index (χ0v) is 21.5. The third-order valence-electron chi connectivity index (χ3n) is 7.01. The lowest BCUT2D eigenvalue weighted by Gasteiger charge is -2.31. The van der Waals surface area contributed by atoms with Crippen molar-refractivity contribution in [2.24, 2.45) is 0 Å². The van der Waals surface area contributed by atoms with Gasteiger partial charge >= 0.3 is 6.03 Å². The van der Waals surface area contributed by atoms with E-state index in [0.29, 0.717) is 6.54 Å². The molecule has 2 aromatic heterocycles. The second kappa shape index (κ2) is 9.34. The van der Waals surface area contributed by atoms with Crippen molar-refractivity contribution < 1.29 is 9.18 Å². The number of rotatable bonds is 3. The minimum Gasteiger partial charge on any atom is -0.308 e. The SMILES string of the molecule is Cc1cc(C)cc(NC(=O)N2Cc3c(C)nn(-c4ccccc4)c3-n3cccc3[C@H]2c2ccc(F)cc2)c1. The Hall–Kier alpha value is -4.65. The summed E-state index contributed by atoms with van der Waals surface area (Å²) in [5.41, 5.74) is 7.32. The molecule has 5 aromatic rings. The maximum absolute atomic E-state index is 14.0. The Morgan fingerprint density at radius 3 is 2.34 bits per heavy atom. The number of nitrogens with one attached hydrogen (secondary N) is 1. The topological polar surface area (TPSA) is 55.1 Å². The molecular weight excluding hydrogens is 477 g/mol. The van der Waals surface area contributed by atoms with Crippen LogP contribution >= 0.6 is 0 Å². The third kappa shape index (κ3) is 4.16. The Balaban J connectivity index is 1.53. The second-order valence-corrected chi connectivity index (χ2v) is 9.83. The van der Waals surface area contributed by atoms with Crippen molar-refractivity contribution in [2.45, 2.75) is 33.4 Å². The standard InChI is InChI=1S/C31H28FN5O/c1-20-16-21(2)18-25(17-20)33-31(38)36-19-27-22(3)34-37(26-8-5-4-6-9-26)30(27)35-15-7-10-28(35)29(36)23-11-13-24(32)14-12-23/h4-18,29H,19H2,1-3H3,(H,33,38)/t29-/m1/s1. The first-order valence-corrected chi connectivity index (χ1v) is 12.6. The van der Waals surface area contributed by atoms with Gasteiger partial charge in [-0.15, -0.1) is 0 Å². The predicted octanol–water partition coefficient (Wildman–Crippen LogP) is 6.86. The first kappa shape index (κ1) is 23.7. The van der Waals surface area contributed by atoms with Crippen LogP contribution in [-0.4, -0.2) is 25.3 Å². The van der Waals surface area contributed by atoms with E-state index in [1.54, 1.807) is 12.1 Å². The van der Waals surface area contributed by atoms with Gasteiger partial charge < -0.3 is 14.8 Å². The Bertz CT molecular complexity index is 1610. The molecule has 190 valence electrons. The van der Waals surface area contributed by atoms with Crippen molar-refractivity contribution in [3.8, 4) is 11.5 Å². The van der Waals surface area contributed by atoms with Gasteiger partial charge in [-0.3, -0.25) is 0 Å². The lowest BCUT2D eigenvalue weighted by atomic mass is 10.0. The van der Waals surface area contributed by atoms with Crippen molar-refractivity contribution in [3.63, 3.8) is 0 Å². The number of nitrogens with zero attached hydrogens (tertiary/aromatic N) is 4. The number of carbonyl (C=O) groups excluding carboxylic acids is 1. The summed E-state index contributed by atoms with van der Waals surface area (Å²) in [7, 11) is 0. The van der Waals surface area contributed by atoms with Gasteiger partial charge in [0, 0.05) is 17.4 Å². The third-order valence-corrected chi connectivity index (χ3v) is 7.01. The highest BCUT2D eigenvalue weighted by molar-refractivity contribution is 5.90. The summed E-state index contributed by atoms with van der Waals surface area (Å²) >= 11 is 0. The molecule has 0 aliphatic carbocycles. The van der Waals surface area contributed by atoms with Crippen LogP contribution in [0, 0.1) is 26.6 Å². The summed E-state index contributed by atoms with van der Waals surface area (Å²) in [4.78, 5) is 15.8. The van der Waals surface area contributed by atoms with Crippen LogP contribution in [-0.2, 0) is 6.54 Å². The van der Waals surface area contributed by atoms with Crippen LogP contribution in [0.25, 0.3) is 11.5 Å². The summed E-state index contributed by atoms with van der Waals surface area (Å²) in [5, 5.41) is 8.00. The fourth-order valence-corrected chi connectivity index (χ4v) is 5.39. The molecule has 1 aliphatic rings. The van der Waals surface area contributed by atoms with Crippen LogP contribution < -0.4 is 5.32 Å². The Morgan fingerprint density at radius 2 is 1.63 bits per heavy atom. The number of anilines is 1. The molecule has 3 aromatic carbocycles. The van der Waals surface area contributed by atoms with Crippen LogP contribution in [0.15, 0.2) is 91.1 Å². The normalized spacial score (nSPS) is 14.5. The Morgan fingerprint density at radius 1 is 0.921 bits per heavy atom. The quantitative estimate of drug-likeness (QED) is 0.291. The predicted molar refractivity (Wildman–Crippen MR) is 146 cm³/mol. The first-order chi connectivity index (χ1) is 18.4. The van der Waals surface area contributed by atoms with Gasteiger partial charge in [-0.2, -0.15) is 5.10 Å². The first-order valence-electron chi connectivity index (χ1n) is 12.6. The molecule has 1 atom stereocenters. The number of para-hydroxylation sites is 1. The summed E-state index contributed by atoms with van der Waals surface area (Å²) in [6.07, 6.45) is 2.00. The zero-order valence-electron chi connectivity index (χ0n) is 21.5. The van der Waals surface area contributed by atoms with Gasteiger partial charge in [0.2, 0.25) is 0 Å². The van der Waals surface area contributed by atoms with Crippen LogP contribution in [0.4, 0.5) is 14.9 Å². The molecule has 0 fully saturated rings. The lowest BCUT2D eigenvalue weighted by molar-refractivity contribution is 0.194. The van der Waals surface area contributed by atoms with Crippen LogP contribution in [0.1, 0.15) is 39.7 Å². The van der Waals surface area contributed by atoms with Crippen molar-refractivity contribution in [1.29, 1.82) is 0 Å². The maximum atomic E-state index is 14.0. The summed E-state index contributed by atoms with van der Waals surface area (Å²) in [6.45, 7) is 6.32. The summed E-state index contributed by atoms with van der Waals surface area (Å²) in [6, 6.07) is 25.6. The molecule has 38 heavy (non-hydrogen) atoms. The highest BCUT2D eigenvalue weighted by atomic mass is 19.1. The van der Waals surface area contributed by atoms with Gasteiger partial charge in [0.25, 0.3) is 0 Å². The minimum atomic E-state index is -0.451. The Labute approximate surface area is 221 Å². The zero-order chi connectivity index (χ0) is 26.4. The molecule has 0 bridgehead atoms. The van der Waals surface area contributed by atoms with E-state index in [1.165, 1.54) is 12.1 Å². The van der Waals surface area contributed by atoms with Crippen molar-refractivity contribution >= 4 is 11.7 Å². The van der Waals surface area contributed by atoms with Crippen molar-refractivity contribution in [3.05, 3.63) is 131 Å². The molecule has 0 saturated carbocycles. The van der Waals surface area contributed by atoms with E-state index in [4.69, 9.17) is 5.10 Å². The number of amides is 2. The van der Waals surface area contributed by atoms with E-state index in [1.807, 2.05) is 91.1 Å². The number of carbonyl (C=O) groups is 1. The van der Waals surface area contributed by atoms with E-state index >= 15 is 0 Å². The lowest BCUT2D eigenvalue weighted by Crippen LogP contribution is -2.38. The smallest absolute Gasteiger partial charge is 0.308 e. The van der Waals surface area contributed by atoms with E-state index < -0.39 is 6.04 Å². The van der Waals surface area contributed by atoms with Crippen LogP contribution in [0.3, 0.4) is 0 Å². The molecule has 3 heterocycles. The number of halogens is 1. The van der Waals surface area contributed by atoms with Gasteiger partial charge in [0.05, 0.1) is 29.7 Å². The average Bonchev–Trinajstić information content (AvgIpc) is 3.45. The Kier molecular flexibility index (Phi) is 5.83. The fraction of sp³-hybridized carbons (Fsp3) is 0.161. The van der Waals surface area contributed by atoms with Gasteiger partial charge in [0.15, 0.2) is 0 Å². The molecule has 0 unspecified atom stereocenters. The molecule has 1 N–H and O–H groups in total. The molecule has 2 amide bonds. The van der Waals surface area contributed by atoms with E-state index in [9.17, 15) is 9.18 Å². The summed E-state index contributed by atoms with van der Waals surface area (Å²) in [5.74, 6) is 0.574. The van der Waals surface area contributed by atoms with Gasteiger partial charge in [-0.25, -0.2) is 13.9 Å². The molecule has 0 saturated heterocycles. The number of aromatic nitrogens is 3. The fourth-order valence-electron chi connectivity index (χ4n) is 5.39. The summed E-state index contributed by atoms with van der Waals surface area (Å²) < 4.78 is 18.0. The number of hydrogen-bond acceptors (Lipinski definition) is 2. The van der Waals surface area contributed by atoms with Gasteiger partial charge in [0.1, 0.15) is 11.6 Å². The van der Waals surface area contributed by atoms with Crippen molar-refractivity contribution in [1.82, 2.24) is 19.2 Å². The van der Waals surface area contributed by atoms with E-state index in [2.05, 4.69) is 16.0 Å². The molecule has 7 heteroatoms. The highest BCUT2D eigenvalue weighted by Crippen LogP contribution is 2.38. The monoisotopic (exact) mass is 505 g/mol. The molecular formula is C31H28FN5O. The number of benzene rings is 3. The molecule has 6 nitrogen and oxygen atoms in total. The minimum absolute atomic E-state index is 0.239. The molecule has 1 aliphatic heterocycles. The highest BCUT2D eigenvalue weighted by Gasteiger charge is 2.36. The molecule has 6 rings (SSSR count). The largest absolute Gasteiger partial charge is 0.322 e. The van der Waals surface area contributed by atoms with Gasteiger partial charge in [-0.1, -0.05) is 36.4 Å². The van der Waals surface area contributed by atoms with Gasteiger partial charge in [-0.05, 0) is 86.0 Å². The van der Waals surface area contributed by atoms with Crippen LogP contribution in [0.5, 0.6) is 0 Å². The van der Waals surface area contributed by atoms with E-state index in [-0.39, 0.29) is 11.8 Å². The van der Waals surface area contributed by atoms with E-state index in [0.717, 1.165) is 50.8 Å². The molecule has 0 spiro atoms. The number of fused-ring (bicyclic) bond motifs is 3. The molecule has 0 radical (unpaired) electrons. The number of urea groups is 1. The number of aryl methyl sites for hydroxylation is 3. The second-order valence-electron chi connectivity index (χ2n) is 9.83. The maximum Gasteiger partial charge on any atom is 0.322 e.